The Kier molecular flexibility index (Phi) is 4.18. The van der Waals surface area contributed by atoms with E-state index in [1.807, 2.05) is 30.0 Å². The molecule has 2 rings (SSSR count). The van der Waals surface area contributed by atoms with E-state index in [0.717, 1.165) is 35.0 Å². The predicted molar refractivity (Wildman–Crippen MR) is 70.0 cm³/mol. The van der Waals surface area contributed by atoms with E-state index in [9.17, 15) is 5.11 Å². The normalized spacial score (nSPS) is 21.2. The molecule has 0 radical (unpaired) electrons. The zero-order valence-corrected chi connectivity index (χ0v) is 11.0. The molecule has 0 aliphatic carbocycles. The van der Waals surface area contributed by atoms with Gasteiger partial charge in [0.05, 0.1) is 13.2 Å². The summed E-state index contributed by atoms with van der Waals surface area (Å²) in [4.78, 5) is 0. The Bertz CT molecular complexity index is 373. The Morgan fingerprint density at radius 2 is 2.24 bits per heavy atom. The lowest BCUT2D eigenvalue weighted by molar-refractivity contribution is 0.194. The van der Waals surface area contributed by atoms with E-state index >= 15 is 0 Å². The van der Waals surface area contributed by atoms with Crippen molar-refractivity contribution < 1.29 is 14.6 Å². The third-order valence-corrected chi connectivity index (χ3v) is 3.98. The van der Waals surface area contributed by atoms with Gasteiger partial charge >= 0.3 is 0 Å². The van der Waals surface area contributed by atoms with Gasteiger partial charge in [0.2, 0.25) is 0 Å². The molecule has 0 saturated carbocycles. The highest BCUT2D eigenvalue weighted by atomic mass is 32.2. The van der Waals surface area contributed by atoms with Crippen LogP contribution in [-0.4, -0.2) is 29.8 Å². The van der Waals surface area contributed by atoms with Crippen LogP contribution in [0.25, 0.3) is 0 Å². The molecule has 2 atom stereocenters. The average Bonchev–Trinajstić information content (AvgIpc) is 2.81. The average molecular weight is 254 g/mol. The molecule has 1 aromatic carbocycles. The van der Waals surface area contributed by atoms with Crippen LogP contribution < -0.4 is 9.47 Å². The smallest absolute Gasteiger partial charge is 0.161 e. The summed E-state index contributed by atoms with van der Waals surface area (Å²) < 4.78 is 11.2. The first kappa shape index (κ1) is 12.6. The van der Waals surface area contributed by atoms with Gasteiger partial charge in [0, 0.05) is 5.75 Å². The maximum absolute atomic E-state index is 9.57. The minimum atomic E-state index is -0.485. The molecular weight excluding hydrogens is 236 g/mol. The topological polar surface area (TPSA) is 38.7 Å². The van der Waals surface area contributed by atoms with E-state index in [-0.39, 0.29) is 6.10 Å². The third kappa shape index (κ3) is 3.07. The summed E-state index contributed by atoms with van der Waals surface area (Å²) in [6.45, 7) is 1.75. The molecule has 1 fully saturated rings. The van der Waals surface area contributed by atoms with Crippen molar-refractivity contribution in [3.63, 3.8) is 0 Å². The molecule has 3 nitrogen and oxygen atoms in total. The van der Waals surface area contributed by atoms with Crippen LogP contribution in [0.4, 0.5) is 0 Å². The van der Waals surface area contributed by atoms with E-state index < -0.39 is 6.10 Å². The molecule has 17 heavy (non-hydrogen) atoms. The van der Waals surface area contributed by atoms with E-state index in [1.165, 1.54) is 0 Å². The Balaban J connectivity index is 2.19. The first-order chi connectivity index (χ1) is 8.20. The van der Waals surface area contributed by atoms with E-state index in [2.05, 4.69) is 0 Å². The second kappa shape index (κ2) is 5.65. The summed E-state index contributed by atoms with van der Waals surface area (Å²) in [5, 5.41) is 9.57. The fourth-order valence-corrected chi connectivity index (χ4v) is 2.92. The maximum atomic E-state index is 9.57. The van der Waals surface area contributed by atoms with Crippen molar-refractivity contribution in [2.45, 2.75) is 25.6 Å². The zero-order valence-electron chi connectivity index (χ0n) is 10.2. The molecule has 1 aromatic rings. The number of aliphatic hydroxyl groups excluding tert-OH is 1. The fraction of sp³-hybridized carbons (Fsp3) is 0.538. The number of hydrogen-bond donors (Lipinski definition) is 1. The molecule has 1 aliphatic rings. The number of methoxy groups -OCH3 is 1. The van der Waals surface area contributed by atoms with Crippen LogP contribution in [0.1, 0.15) is 25.0 Å². The molecule has 94 valence electrons. The lowest BCUT2D eigenvalue weighted by Gasteiger charge is -2.17. The van der Waals surface area contributed by atoms with Crippen LogP contribution in [0.2, 0.25) is 0 Å². The van der Waals surface area contributed by atoms with Crippen LogP contribution in [0, 0.1) is 0 Å². The molecule has 1 N–H and O–H groups in total. The van der Waals surface area contributed by atoms with E-state index in [4.69, 9.17) is 9.47 Å². The van der Waals surface area contributed by atoms with Gasteiger partial charge in [0.15, 0.2) is 11.5 Å². The van der Waals surface area contributed by atoms with Gasteiger partial charge in [-0.15, -0.1) is 0 Å². The molecule has 2 unspecified atom stereocenters. The van der Waals surface area contributed by atoms with E-state index in [0.29, 0.717) is 0 Å². The fourth-order valence-electron chi connectivity index (χ4n) is 1.83. The summed E-state index contributed by atoms with van der Waals surface area (Å²) in [6.07, 6.45) is 0.853. The molecule has 0 bridgehead atoms. The molecule has 1 heterocycles. The maximum Gasteiger partial charge on any atom is 0.161 e. The van der Waals surface area contributed by atoms with Gasteiger partial charge in [-0.1, -0.05) is 6.07 Å². The lowest BCUT2D eigenvalue weighted by atomic mass is 10.1. The summed E-state index contributed by atoms with van der Waals surface area (Å²) >= 11 is 1.91. The third-order valence-electron chi connectivity index (χ3n) is 2.85. The van der Waals surface area contributed by atoms with Crippen LogP contribution in [0.3, 0.4) is 0 Å². The Hall–Kier alpha value is -0.870. The van der Waals surface area contributed by atoms with Gasteiger partial charge in [-0.25, -0.2) is 0 Å². The van der Waals surface area contributed by atoms with Crippen molar-refractivity contribution >= 4 is 11.8 Å². The van der Waals surface area contributed by atoms with Crippen LogP contribution in [0.15, 0.2) is 18.2 Å². The highest BCUT2D eigenvalue weighted by Gasteiger charge is 2.19. The van der Waals surface area contributed by atoms with Crippen LogP contribution in [0.5, 0.6) is 11.5 Å². The Morgan fingerprint density at radius 3 is 2.82 bits per heavy atom. The first-order valence-corrected chi connectivity index (χ1v) is 6.96. The highest BCUT2D eigenvalue weighted by molar-refractivity contribution is 7.99. The van der Waals surface area contributed by atoms with Crippen LogP contribution >= 0.6 is 11.8 Å². The number of hydrogen-bond acceptors (Lipinski definition) is 4. The lowest BCUT2D eigenvalue weighted by Crippen LogP contribution is -2.15. The Labute approximate surface area is 106 Å². The summed E-state index contributed by atoms with van der Waals surface area (Å²) in [5.41, 5.74) is 0.853. The van der Waals surface area contributed by atoms with Gasteiger partial charge in [-0.05, 0) is 36.8 Å². The second-order valence-electron chi connectivity index (χ2n) is 4.19. The molecular formula is C13H18O3S. The van der Waals surface area contributed by atoms with Crippen molar-refractivity contribution in [2.24, 2.45) is 0 Å². The van der Waals surface area contributed by atoms with Gasteiger partial charge < -0.3 is 14.6 Å². The largest absolute Gasteiger partial charge is 0.493 e. The van der Waals surface area contributed by atoms with Crippen LogP contribution in [-0.2, 0) is 0 Å². The van der Waals surface area contributed by atoms with Gasteiger partial charge in [-0.2, -0.15) is 11.8 Å². The number of rotatable bonds is 4. The minimum Gasteiger partial charge on any atom is -0.493 e. The quantitative estimate of drug-likeness (QED) is 0.896. The van der Waals surface area contributed by atoms with Crippen molar-refractivity contribution in [1.29, 1.82) is 0 Å². The zero-order chi connectivity index (χ0) is 12.3. The van der Waals surface area contributed by atoms with Crippen molar-refractivity contribution in [1.82, 2.24) is 0 Å². The number of ether oxygens (including phenoxy) is 2. The van der Waals surface area contributed by atoms with Gasteiger partial charge in [0.25, 0.3) is 0 Å². The number of aliphatic hydroxyl groups is 1. The SMILES string of the molecule is COc1ccc(C(C)O)cc1OC1CCSC1. The Morgan fingerprint density at radius 1 is 1.41 bits per heavy atom. The molecule has 0 amide bonds. The molecule has 1 saturated heterocycles. The molecule has 1 aliphatic heterocycles. The number of benzene rings is 1. The first-order valence-electron chi connectivity index (χ1n) is 5.81. The highest BCUT2D eigenvalue weighted by Crippen LogP contribution is 2.33. The molecule has 0 spiro atoms. The minimum absolute atomic E-state index is 0.262. The molecule has 0 aromatic heterocycles. The van der Waals surface area contributed by atoms with Crippen molar-refractivity contribution in [2.75, 3.05) is 18.6 Å². The van der Waals surface area contributed by atoms with Gasteiger partial charge in [0.1, 0.15) is 6.10 Å². The standard InChI is InChI=1S/C13H18O3S/c1-9(14)10-3-4-12(15-2)13(7-10)16-11-5-6-17-8-11/h3-4,7,9,11,14H,5-6,8H2,1-2H3. The summed E-state index contributed by atoms with van der Waals surface area (Å²) in [7, 11) is 1.63. The van der Waals surface area contributed by atoms with Crippen molar-refractivity contribution in [3.8, 4) is 11.5 Å². The van der Waals surface area contributed by atoms with Gasteiger partial charge in [-0.3, -0.25) is 0 Å². The second-order valence-corrected chi connectivity index (χ2v) is 5.34. The summed E-state index contributed by atoms with van der Waals surface area (Å²) in [6, 6.07) is 5.58. The van der Waals surface area contributed by atoms with Crippen molar-refractivity contribution in [3.05, 3.63) is 23.8 Å². The summed E-state index contributed by atoms with van der Waals surface area (Å²) in [5.74, 6) is 3.65. The predicted octanol–water partition coefficient (Wildman–Crippen LogP) is 2.63. The monoisotopic (exact) mass is 254 g/mol. The van der Waals surface area contributed by atoms with E-state index in [1.54, 1.807) is 14.0 Å². The molecule has 4 heteroatoms. The number of thioether (sulfide) groups is 1.